The molecule has 25 heavy (non-hydrogen) atoms. The molecule has 0 atom stereocenters. The van der Waals surface area contributed by atoms with E-state index in [4.69, 9.17) is 38.0 Å². The molecule has 0 fully saturated rings. The van der Waals surface area contributed by atoms with Gasteiger partial charge in [-0.2, -0.15) is 10.2 Å². The van der Waals surface area contributed by atoms with Gasteiger partial charge in [-0.3, -0.25) is 0 Å². The number of hydrogen-bond donors (Lipinski definition) is 3. The first-order chi connectivity index (χ1) is 11.7. The molecule has 128 valence electrons. The lowest BCUT2D eigenvalue weighted by molar-refractivity contribution is 0.463. The highest BCUT2D eigenvalue weighted by Gasteiger charge is 2.25. The van der Waals surface area contributed by atoms with E-state index in [-0.39, 0.29) is 27.7 Å². The molecule has 2 aromatic carbocycles. The molecule has 4 N–H and O–H groups in total. The van der Waals surface area contributed by atoms with Gasteiger partial charge in [-0.15, -0.1) is 0 Å². The number of sulfonamides is 1. The Morgan fingerprint density at radius 2 is 2.08 bits per heavy atom. The maximum absolute atomic E-state index is 11.6. The number of nitrogens with one attached hydrogen (secondary N) is 1. The van der Waals surface area contributed by atoms with Crippen molar-refractivity contribution in [2.45, 2.75) is 4.90 Å². The van der Waals surface area contributed by atoms with E-state index in [0.717, 1.165) is 6.07 Å². The van der Waals surface area contributed by atoms with E-state index in [1.54, 1.807) is 24.3 Å². The number of nitrogens with two attached hydrogens (primary N) is 1. The molecule has 1 aromatic heterocycles. The number of primary sulfonamides is 1. The van der Waals surface area contributed by atoms with Crippen molar-refractivity contribution in [2.75, 3.05) is 5.32 Å². The number of anilines is 2. The fourth-order valence-electron chi connectivity index (χ4n) is 2.17. The van der Waals surface area contributed by atoms with Gasteiger partial charge in [-0.1, -0.05) is 29.3 Å². The first-order valence-electron chi connectivity index (χ1n) is 6.53. The first kappa shape index (κ1) is 17.3. The molecule has 0 aliphatic carbocycles. The third-order valence-corrected chi connectivity index (χ3v) is 5.01. The van der Waals surface area contributed by atoms with Crippen LogP contribution in [0.2, 0.25) is 10.0 Å². The number of rotatable bonds is 3. The quantitative estimate of drug-likeness (QED) is 0.614. The average molecular weight is 399 g/mol. The smallest absolute Gasteiger partial charge is 0.300 e. The van der Waals surface area contributed by atoms with Crippen LogP contribution in [0, 0.1) is 11.3 Å². The molecule has 3 rings (SSSR count). The third-order valence-electron chi connectivity index (χ3n) is 3.21. The van der Waals surface area contributed by atoms with Crippen LogP contribution >= 0.6 is 23.2 Å². The van der Waals surface area contributed by atoms with Gasteiger partial charge < -0.3 is 14.8 Å². The van der Waals surface area contributed by atoms with Gasteiger partial charge in [0.15, 0.2) is 16.8 Å². The Morgan fingerprint density at radius 1 is 1.36 bits per heavy atom. The molecular weight excluding hydrogens is 391 g/mol. The largest absolute Gasteiger partial charge is 0.504 e. The summed E-state index contributed by atoms with van der Waals surface area (Å²) in [5.74, 6) is -0.773. The molecule has 3 aromatic rings. The fourth-order valence-corrected chi connectivity index (χ4v) is 3.30. The number of nitriles is 1. The Labute approximate surface area is 151 Å². The molecule has 0 spiro atoms. The second-order valence-electron chi connectivity index (χ2n) is 4.85. The number of oxazole rings is 1. The van der Waals surface area contributed by atoms with Crippen molar-refractivity contribution in [1.82, 2.24) is 4.98 Å². The molecule has 0 unspecified atom stereocenters. The van der Waals surface area contributed by atoms with Crippen molar-refractivity contribution in [3.05, 3.63) is 39.9 Å². The van der Waals surface area contributed by atoms with E-state index in [2.05, 4.69) is 10.3 Å². The highest BCUT2D eigenvalue weighted by molar-refractivity contribution is 7.89. The molecule has 0 saturated carbocycles. The minimum absolute atomic E-state index is 0.0119. The minimum atomic E-state index is -4.34. The standard InChI is InChI=1S/C14H8Cl2N4O4S/c15-7-2-1-3-8(10(7)16)19-14-20-11-9(24-14)4-6(5-17)13(12(11)21)25(18,22)23/h1-4,21H,(H,19,20)(H2,18,22,23). The van der Waals surface area contributed by atoms with Crippen LogP contribution in [0.3, 0.4) is 0 Å². The van der Waals surface area contributed by atoms with Gasteiger partial charge in [0.25, 0.3) is 6.01 Å². The molecule has 0 bridgehead atoms. The number of nitrogens with zero attached hydrogens (tertiary/aromatic N) is 2. The zero-order valence-electron chi connectivity index (χ0n) is 12.1. The van der Waals surface area contributed by atoms with Gasteiger partial charge in [0.2, 0.25) is 10.0 Å². The number of fused-ring (bicyclic) bond motifs is 1. The number of phenols is 1. The summed E-state index contributed by atoms with van der Waals surface area (Å²) < 4.78 is 28.6. The predicted molar refractivity (Wildman–Crippen MR) is 91.5 cm³/mol. The van der Waals surface area contributed by atoms with Crippen LogP contribution in [0.15, 0.2) is 33.6 Å². The number of hydrogen-bond acceptors (Lipinski definition) is 7. The second-order valence-corrected chi connectivity index (χ2v) is 7.13. The number of halogens is 2. The van der Waals surface area contributed by atoms with Crippen molar-refractivity contribution >= 4 is 56.0 Å². The summed E-state index contributed by atoms with van der Waals surface area (Å²) in [6.07, 6.45) is 0. The molecule has 0 saturated heterocycles. The summed E-state index contributed by atoms with van der Waals surface area (Å²) in [5.41, 5.74) is -0.172. The van der Waals surface area contributed by atoms with Gasteiger partial charge in [0.05, 0.1) is 21.3 Å². The number of benzene rings is 2. The van der Waals surface area contributed by atoms with Crippen LogP contribution < -0.4 is 10.5 Å². The highest BCUT2D eigenvalue weighted by atomic mass is 35.5. The summed E-state index contributed by atoms with van der Waals surface area (Å²) in [4.78, 5) is 3.25. The highest BCUT2D eigenvalue weighted by Crippen LogP contribution is 2.37. The average Bonchev–Trinajstić information content (AvgIpc) is 2.93. The third kappa shape index (κ3) is 3.08. The normalized spacial score (nSPS) is 11.4. The van der Waals surface area contributed by atoms with Crippen LogP contribution in [-0.4, -0.2) is 18.5 Å². The molecule has 0 aliphatic rings. The number of aromatic hydroxyl groups is 1. The van der Waals surface area contributed by atoms with Crippen LogP contribution in [-0.2, 0) is 10.0 Å². The number of aromatic nitrogens is 1. The van der Waals surface area contributed by atoms with E-state index in [1.807, 2.05) is 0 Å². The minimum Gasteiger partial charge on any atom is -0.504 e. The Hall–Kier alpha value is -2.51. The van der Waals surface area contributed by atoms with Crippen LogP contribution in [0.25, 0.3) is 11.1 Å². The molecule has 8 nitrogen and oxygen atoms in total. The molecule has 0 aliphatic heterocycles. The van der Waals surface area contributed by atoms with Crippen molar-refractivity contribution < 1.29 is 17.9 Å². The van der Waals surface area contributed by atoms with E-state index in [0.29, 0.717) is 10.7 Å². The predicted octanol–water partition coefficient (Wildman–Crippen LogP) is 3.10. The lowest BCUT2D eigenvalue weighted by Gasteiger charge is -2.04. The van der Waals surface area contributed by atoms with E-state index in [1.165, 1.54) is 0 Å². The van der Waals surface area contributed by atoms with Gasteiger partial charge >= 0.3 is 0 Å². The van der Waals surface area contributed by atoms with Crippen molar-refractivity contribution in [1.29, 1.82) is 5.26 Å². The molecule has 0 amide bonds. The lowest BCUT2D eigenvalue weighted by atomic mass is 10.2. The summed E-state index contributed by atoms with van der Waals surface area (Å²) >= 11 is 12.0. The topological polar surface area (TPSA) is 142 Å². The molecular formula is C14H8Cl2N4O4S. The van der Waals surface area contributed by atoms with Crippen molar-refractivity contribution in [2.24, 2.45) is 5.14 Å². The Bertz CT molecular complexity index is 1150. The van der Waals surface area contributed by atoms with Crippen LogP contribution in [0.4, 0.5) is 11.7 Å². The fraction of sp³-hybridized carbons (Fsp3) is 0. The zero-order chi connectivity index (χ0) is 18.4. The maximum Gasteiger partial charge on any atom is 0.300 e. The van der Waals surface area contributed by atoms with Gasteiger partial charge in [-0.25, -0.2) is 13.6 Å². The Morgan fingerprint density at radius 3 is 2.72 bits per heavy atom. The summed E-state index contributed by atoms with van der Waals surface area (Å²) in [7, 11) is -4.34. The van der Waals surface area contributed by atoms with Crippen LogP contribution in [0.1, 0.15) is 5.56 Å². The number of phenolic OH excluding ortho intramolecular Hbond substituents is 1. The SMILES string of the molecule is N#Cc1cc2oc(Nc3cccc(Cl)c3Cl)nc2c(O)c1S(N)(=O)=O. The zero-order valence-corrected chi connectivity index (χ0v) is 14.4. The van der Waals surface area contributed by atoms with Gasteiger partial charge in [-0.05, 0) is 12.1 Å². The van der Waals surface area contributed by atoms with Crippen molar-refractivity contribution in [3.8, 4) is 11.8 Å². The lowest BCUT2D eigenvalue weighted by Crippen LogP contribution is -2.14. The monoisotopic (exact) mass is 398 g/mol. The van der Waals surface area contributed by atoms with Gasteiger partial charge in [0.1, 0.15) is 11.0 Å². The second kappa shape index (κ2) is 6.09. The van der Waals surface area contributed by atoms with E-state index >= 15 is 0 Å². The summed E-state index contributed by atoms with van der Waals surface area (Å²) in [6.45, 7) is 0. The Balaban J connectivity index is 2.17. The van der Waals surface area contributed by atoms with Crippen LogP contribution in [0.5, 0.6) is 5.75 Å². The Kier molecular flexibility index (Phi) is 4.22. The summed E-state index contributed by atoms with van der Waals surface area (Å²) in [5, 5.41) is 27.6. The molecule has 1 heterocycles. The molecule has 0 radical (unpaired) electrons. The van der Waals surface area contributed by atoms with Crippen molar-refractivity contribution in [3.63, 3.8) is 0 Å². The van der Waals surface area contributed by atoms with Gasteiger partial charge in [0, 0.05) is 6.07 Å². The van der Waals surface area contributed by atoms with E-state index < -0.39 is 20.7 Å². The summed E-state index contributed by atoms with van der Waals surface area (Å²) in [6, 6.07) is 7.51. The first-order valence-corrected chi connectivity index (χ1v) is 8.83. The maximum atomic E-state index is 11.6. The van der Waals surface area contributed by atoms with E-state index in [9.17, 15) is 13.5 Å². The molecule has 11 heteroatoms.